The summed E-state index contributed by atoms with van der Waals surface area (Å²) in [5.74, 6) is 0.633. The summed E-state index contributed by atoms with van der Waals surface area (Å²) in [6.45, 7) is 8.98. The van der Waals surface area contributed by atoms with Gasteiger partial charge in [0.2, 0.25) is 5.91 Å². The molecule has 0 fully saturated rings. The van der Waals surface area contributed by atoms with Crippen molar-refractivity contribution < 1.29 is 4.79 Å². The number of hydrogen-bond acceptors (Lipinski definition) is 2. The SMILES string of the molecule is CC(C)C(N)CCN(C)C(=O)C(C)(C)Cc1ccccc1.Cl. The fourth-order valence-corrected chi connectivity index (χ4v) is 2.48. The van der Waals surface area contributed by atoms with Crippen LogP contribution in [0.3, 0.4) is 0 Å². The molecule has 0 saturated carbocycles. The standard InChI is InChI=1S/C18H30N2O.ClH/c1-14(2)16(19)11-12-20(5)17(21)18(3,4)13-15-9-7-6-8-10-15;/h6-10,14,16H,11-13,19H2,1-5H3;1H. The molecule has 0 heterocycles. The minimum absolute atomic E-state index is 0. The first kappa shape index (κ1) is 20.9. The van der Waals surface area contributed by atoms with Crippen LogP contribution >= 0.6 is 12.4 Å². The van der Waals surface area contributed by atoms with Gasteiger partial charge in [0.05, 0.1) is 0 Å². The zero-order chi connectivity index (χ0) is 16.0. The van der Waals surface area contributed by atoms with Crippen LogP contribution in [0.25, 0.3) is 0 Å². The third kappa shape index (κ3) is 6.37. The first-order valence-corrected chi connectivity index (χ1v) is 7.79. The molecule has 0 aromatic heterocycles. The largest absolute Gasteiger partial charge is 0.345 e. The van der Waals surface area contributed by atoms with E-state index in [1.54, 1.807) is 0 Å². The van der Waals surface area contributed by atoms with Gasteiger partial charge >= 0.3 is 0 Å². The van der Waals surface area contributed by atoms with Crippen molar-refractivity contribution in [3.05, 3.63) is 35.9 Å². The number of carbonyl (C=O) groups is 1. The van der Waals surface area contributed by atoms with E-state index in [-0.39, 0.29) is 24.4 Å². The lowest BCUT2D eigenvalue weighted by atomic mass is 9.84. The predicted octanol–water partition coefficient (Wildman–Crippen LogP) is 3.51. The van der Waals surface area contributed by atoms with Crippen LogP contribution in [0.1, 0.15) is 39.7 Å². The Hall–Kier alpha value is -1.06. The molecule has 0 radical (unpaired) electrons. The number of rotatable bonds is 7. The van der Waals surface area contributed by atoms with Gasteiger partial charge in [-0.2, -0.15) is 0 Å². The highest BCUT2D eigenvalue weighted by molar-refractivity contribution is 5.85. The van der Waals surface area contributed by atoms with Gasteiger partial charge in [-0.05, 0) is 24.3 Å². The minimum atomic E-state index is -0.391. The monoisotopic (exact) mass is 326 g/mol. The van der Waals surface area contributed by atoms with Gasteiger partial charge in [0, 0.05) is 25.0 Å². The highest BCUT2D eigenvalue weighted by Crippen LogP contribution is 2.24. The summed E-state index contributed by atoms with van der Waals surface area (Å²) < 4.78 is 0. The van der Waals surface area contributed by atoms with Gasteiger partial charge < -0.3 is 10.6 Å². The fraction of sp³-hybridized carbons (Fsp3) is 0.611. The van der Waals surface area contributed by atoms with E-state index in [1.165, 1.54) is 5.56 Å². The van der Waals surface area contributed by atoms with E-state index in [1.807, 2.05) is 44.0 Å². The van der Waals surface area contributed by atoms with Gasteiger partial charge in [0.1, 0.15) is 0 Å². The molecule has 22 heavy (non-hydrogen) atoms. The Morgan fingerprint density at radius 3 is 2.27 bits per heavy atom. The Morgan fingerprint density at radius 1 is 1.23 bits per heavy atom. The Balaban J connectivity index is 0.00000441. The quantitative estimate of drug-likeness (QED) is 0.833. The van der Waals surface area contributed by atoms with E-state index in [0.717, 1.165) is 19.4 Å². The summed E-state index contributed by atoms with van der Waals surface area (Å²) in [5.41, 5.74) is 6.87. The Labute approximate surface area is 141 Å². The second-order valence-electron chi connectivity index (χ2n) is 6.97. The lowest BCUT2D eigenvalue weighted by Gasteiger charge is -2.30. The summed E-state index contributed by atoms with van der Waals surface area (Å²) in [5, 5.41) is 0. The van der Waals surface area contributed by atoms with Gasteiger partial charge in [0.25, 0.3) is 0 Å². The minimum Gasteiger partial charge on any atom is -0.345 e. The van der Waals surface area contributed by atoms with Crippen molar-refractivity contribution in [1.29, 1.82) is 0 Å². The molecule has 1 rings (SSSR count). The van der Waals surface area contributed by atoms with Gasteiger partial charge in [0.15, 0.2) is 0 Å². The molecule has 1 atom stereocenters. The first-order chi connectivity index (χ1) is 9.74. The summed E-state index contributed by atoms with van der Waals surface area (Å²) in [4.78, 5) is 14.5. The average Bonchev–Trinajstić information content (AvgIpc) is 2.43. The van der Waals surface area contributed by atoms with Crippen molar-refractivity contribution >= 4 is 18.3 Å². The van der Waals surface area contributed by atoms with Gasteiger partial charge in [-0.15, -0.1) is 12.4 Å². The summed E-state index contributed by atoms with van der Waals surface area (Å²) in [6.07, 6.45) is 1.61. The van der Waals surface area contributed by atoms with Crippen LogP contribution in [0.2, 0.25) is 0 Å². The molecule has 1 unspecified atom stereocenters. The molecule has 126 valence electrons. The Bertz CT molecular complexity index is 446. The maximum Gasteiger partial charge on any atom is 0.228 e. The number of nitrogens with zero attached hydrogens (tertiary/aromatic N) is 1. The highest BCUT2D eigenvalue weighted by atomic mass is 35.5. The van der Waals surface area contributed by atoms with E-state index in [2.05, 4.69) is 26.0 Å². The molecule has 0 aliphatic rings. The van der Waals surface area contributed by atoms with Crippen molar-refractivity contribution in [2.24, 2.45) is 17.1 Å². The van der Waals surface area contributed by atoms with Crippen LogP contribution in [0, 0.1) is 11.3 Å². The van der Waals surface area contributed by atoms with E-state index in [9.17, 15) is 4.79 Å². The van der Waals surface area contributed by atoms with Crippen LogP contribution in [0.4, 0.5) is 0 Å². The second-order valence-corrected chi connectivity index (χ2v) is 6.97. The number of nitrogens with two attached hydrogens (primary N) is 1. The number of hydrogen-bond donors (Lipinski definition) is 1. The number of amides is 1. The number of halogens is 1. The molecule has 0 saturated heterocycles. The van der Waals surface area contributed by atoms with E-state index in [0.29, 0.717) is 5.92 Å². The Kier molecular flexibility index (Phi) is 8.72. The maximum atomic E-state index is 12.6. The molecule has 1 aromatic rings. The topological polar surface area (TPSA) is 46.3 Å². The lowest BCUT2D eigenvalue weighted by Crippen LogP contribution is -2.42. The lowest BCUT2D eigenvalue weighted by molar-refractivity contribution is -0.139. The van der Waals surface area contributed by atoms with E-state index >= 15 is 0 Å². The molecule has 0 bridgehead atoms. The smallest absolute Gasteiger partial charge is 0.228 e. The van der Waals surface area contributed by atoms with Gasteiger partial charge in [-0.25, -0.2) is 0 Å². The van der Waals surface area contributed by atoms with Crippen molar-refractivity contribution in [3.8, 4) is 0 Å². The number of benzene rings is 1. The second kappa shape index (κ2) is 9.16. The summed E-state index contributed by atoms with van der Waals surface area (Å²) >= 11 is 0. The third-order valence-corrected chi connectivity index (χ3v) is 4.07. The van der Waals surface area contributed by atoms with Crippen LogP contribution in [-0.2, 0) is 11.2 Å². The van der Waals surface area contributed by atoms with Crippen molar-refractivity contribution in [1.82, 2.24) is 4.90 Å². The molecule has 0 spiro atoms. The third-order valence-electron chi connectivity index (χ3n) is 4.07. The molecule has 1 aromatic carbocycles. The molecular weight excluding hydrogens is 296 g/mol. The average molecular weight is 327 g/mol. The van der Waals surface area contributed by atoms with Crippen molar-refractivity contribution in [2.45, 2.75) is 46.6 Å². The maximum absolute atomic E-state index is 12.6. The molecule has 3 nitrogen and oxygen atoms in total. The zero-order valence-electron chi connectivity index (χ0n) is 14.5. The molecule has 1 amide bonds. The van der Waals surface area contributed by atoms with Gasteiger partial charge in [-0.3, -0.25) is 4.79 Å². The summed E-state index contributed by atoms with van der Waals surface area (Å²) in [6, 6.07) is 10.3. The molecule has 4 heteroatoms. The molecule has 0 aliphatic heterocycles. The first-order valence-electron chi connectivity index (χ1n) is 7.79. The molecule has 2 N–H and O–H groups in total. The molecular formula is C18H31ClN2O. The van der Waals surface area contributed by atoms with Crippen LogP contribution in [0.5, 0.6) is 0 Å². The summed E-state index contributed by atoms with van der Waals surface area (Å²) in [7, 11) is 1.88. The van der Waals surface area contributed by atoms with Crippen LogP contribution in [0.15, 0.2) is 30.3 Å². The van der Waals surface area contributed by atoms with Crippen molar-refractivity contribution in [3.63, 3.8) is 0 Å². The van der Waals surface area contributed by atoms with E-state index in [4.69, 9.17) is 5.73 Å². The van der Waals surface area contributed by atoms with Crippen LogP contribution < -0.4 is 5.73 Å². The normalized spacial score (nSPS) is 12.7. The number of carbonyl (C=O) groups excluding carboxylic acids is 1. The highest BCUT2D eigenvalue weighted by Gasteiger charge is 2.30. The van der Waals surface area contributed by atoms with Gasteiger partial charge in [-0.1, -0.05) is 58.0 Å². The Morgan fingerprint density at radius 2 is 1.77 bits per heavy atom. The predicted molar refractivity (Wildman–Crippen MR) is 96.2 cm³/mol. The zero-order valence-corrected chi connectivity index (χ0v) is 15.3. The van der Waals surface area contributed by atoms with Crippen molar-refractivity contribution in [2.75, 3.05) is 13.6 Å². The fourth-order valence-electron chi connectivity index (χ4n) is 2.48. The van der Waals surface area contributed by atoms with E-state index < -0.39 is 5.41 Å². The van der Waals surface area contributed by atoms with Crippen LogP contribution in [-0.4, -0.2) is 30.4 Å². The molecule has 0 aliphatic carbocycles.